The fraction of sp³-hybridized carbons (Fsp3) is 0.444. The van der Waals surface area contributed by atoms with Crippen molar-refractivity contribution in [1.29, 1.82) is 0 Å². The van der Waals surface area contributed by atoms with Gasteiger partial charge < -0.3 is 19.9 Å². The number of carbonyl (C=O) groups excluding carboxylic acids is 1. The monoisotopic (exact) mass is 307 g/mol. The number of rotatable bonds is 3. The molecule has 0 saturated heterocycles. The Labute approximate surface area is 104 Å². The van der Waals surface area contributed by atoms with Crippen LogP contribution < -0.4 is 14.8 Å². The second-order valence-corrected chi connectivity index (χ2v) is 5.67. The molecule has 1 aromatic heterocycles. The van der Waals surface area contributed by atoms with Gasteiger partial charge in [-0.25, -0.2) is 0 Å². The van der Waals surface area contributed by atoms with E-state index in [-0.39, 0.29) is 25.3 Å². The topological polar surface area (TPSA) is 67.8 Å². The summed E-state index contributed by atoms with van der Waals surface area (Å²) in [6.45, 7) is 1.75. The van der Waals surface area contributed by atoms with Gasteiger partial charge in [0.15, 0.2) is 11.5 Å². The summed E-state index contributed by atoms with van der Waals surface area (Å²) in [5.74, 6) is 0.783. The second kappa shape index (κ2) is 4.60. The van der Waals surface area contributed by atoms with Crippen LogP contribution in [-0.4, -0.2) is 30.5 Å². The van der Waals surface area contributed by atoms with E-state index in [1.54, 1.807) is 6.92 Å². The fourth-order valence-electron chi connectivity index (χ4n) is 1.26. The lowest BCUT2D eigenvalue weighted by Crippen LogP contribution is -2.34. The number of aliphatic hydroxyl groups is 1. The van der Waals surface area contributed by atoms with Gasteiger partial charge in [0.1, 0.15) is 8.66 Å². The van der Waals surface area contributed by atoms with Crippen LogP contribution in [-0.2, 0) is 0 Å². The van der Waals surface area contributed by atoms with E-state index in [1.807, 2.05) is 0 Å². The lowest BCUT2D eigenvalue weighted by Gasteiger charge is -2.09. The first kappa shape index (κ1) is 11.7. The van der Waals surface area contributed by atoms with Crippen LogP contribution in [0.2, 0.25) is 0 Å². The fourth-order valence-corrected chi connectivity index (χ4v) is 2.86. The van der Waals surface area contributed by atoms with Gasteiger partial charge in [0.25, 0.3) is 5.91 Å². The highest BCUT2D eigenvalue weighted by atomic mass is 79.9. The number of aliphatic hydroxyl groups excluding tert-OH is 1. The van der Waals surface area contributed by atoms with Crippen LogP contribution in [0.5, 0.6) is 11.5 Å². The molecule has 1 unspecified atom stereocenters. The molecule has 0 spiro atoms. The number of fused-ring (bicyclic) bond motifs is 1. The zero-order valence-electron chi connectivity index (χ0n) is 8.45. The van der Waals surface area contributed by atoms with Gasteiger partial charge >= 0.3 is 0 Å². The van der Waals surface area contributed by atoms with Crippen LogP contribution >= 0.6 is 27.3 Å². The summed E-state index contributed by atoms with van der Waals surface area (Å²) < 4.78 is 11.2. The molecule has 2 heterocycles. The van der Waals surface area contributed by atoms with Crippen molar-refractivity contribution in [2.45, 2.75) is 13.0 Å². The van der Waals surface area contributed by atoms with E-state index in [2.05, 4.69) is 21.2 Å². The molecule has 1 aromatic rings. The third kappa shape index (κ3) is 2.02. The molecule has 1 atom stereocenters. The molecule has 0 bridgehead atoms. The van der Waals surface area contributed by atoms with Gasteiger partial charge in [0, 0.05) is 6.04 Å². The van der Waals surface area contributed by atoms with Gasteiger partial charge in [-0.3, -0.25) is 4.79 Å². The van der Waals surface area contributed by atoms with Crippen molar-refractivity contribution in [3.05, 3.63) is 8.66 Å². The Morgan fingerprint density at radius 2 is 2.31 bits per heavy atom. The summed E-state index contributed by atoms with van der Waals surface area (Å²) in [5, 5.41) is 11.5. The maximum Gasteiger partial charge on any atom is 0.265 e. The SMILES string of the molecule is CC(CO)NC(=O)c1sc(Br)c2c1OCO2. The van der Waals surface area contributed by atoms with Crippen LogP contribution in [0.15, 0.2) is 3.79 Å². The van der Waals surface area contributed by atoms with Crippen LogP contribution in [0.4, 0.5) is 0 Å². The first-order chi connectivity index (χ1) is 7.63. The van der Waals surface area contributed by atoms with E-state index in [0.29, 0.717) is 16.4 Å². The van der Waals surface area contributed by atoms with Crippen LogP contribution in [0, 0.1) is 0 Å². The van der Waals surface area contributed by atoms with Gasteiger partial charge in [-0.15, -0.1) is 11.3 Å². The van der Waals surface area contributed by atoms with Gasteiger partial charge in [0.05, 0.1) is 6.61 Å². The minimum Gasteiger partial charge on any atom is -0.452 e. The smallest absolute Gasteiger partial charge is 0.265 e. The first-order valence-electron chi connectivity index (χ1n) is 4.63. The summed E-state index contributed by atoms with van der Waals surface area (Å²) in [5.41, 5.74) is 0. The predicted octanol–water partition coefficient (Wildman–Crippen LogP) is 1.35. The Kier molecular flexibility index (Phi) is 3.36. The average molecular weight is 308 g/mol. The molecule has 1 aliphatic heterocycles. The number of halogens is 1. The summed E-state index contributed by atoms with van der Waals surface area (Å²) >= 11 is 4.55. The highest BCUT2D eigenvalue weighted by Crippen LogP contribution is 2.48. The second-order valence-electron chi connectivity index (χ2n) is 3.33. The van der Waals surface area contributed by atoms with Crippen molar-refractivity contribution in [3.8, 4) is 11.5 Å². The number of hydrogen-bond acceptors (Lipinski definition) is 5. The van der Waals surface area contributed by atoms with Crippen LogP contribution in [0.1, 0.15) is 16.6 Å². The van der Waals surface area contributed by atoms with E-state index in [0.717, 1.165) is 3.79 Å². The third-order valence-electron chi connectivity index (χ3n) is 2.05. The molecule has 1 aliphatic rings. The first-order valence-corrected chi connectivity index (χ1v) is 6.24. The van der Waals surface area contributed by atoms with E-state index < -0.39 is 0 Å². The molecule has 0 fully saturated rings. The average Bonchev–Trinajstić information content (AvgIpc) is 2.82. The van der Waals surface area contributed by atoms with Crippen molar-refractivity contribution in [3.63, 3.8) is 0 Å². The van der Waals surface area contributed by atoms with Gasteiger partial charge in [-0.1, -0.05) is 0 Å². The Hall–Kier alpha value is -0.790. The Bertz CT molecular complexity index is 420. The van der Waals surface area contributed by atoms with Crippen molar-refractivity contribution >= 4 is 33.2 Å². The lowest BCUT2D eigenvalue weighted by molar-refractivity contribution is 0.0922. The van der Waals surface area contributed by atoms with E-state index in [4.69, 9.17) is 14.6 Å². The van der Waals surface area contributed by atoms with E-state index in [9.17, 15) is 4.79 Å². The normalized spacial score (nSPS) is 14.9. The molecule has 0 aromatic carbocycles. The summed E-state index contributed by atoms with van der Waals surface area (Å²) in [7, 11) is 0. The molecule has 16 heavy (non-hydrogen) atoms. The molecular formula is C9H10BrNO4S. The number of thiophene rings is 1. The number of hydrogen-bond donors (Lipinski definition) is 2. The number of carbonyl (C=O) groups is 1. The number of amides is 1. The van der Waals surface area contributed by atoms with Crippen LogP contribution in [0.3, 0.4) is 0 Å². The zero-order valence-corrected chi connectivity index (χ0v) is 10.9. The molecular weight excluding hydrogens is 298 g/mol. The quantitative estimate of drug-likeness (QED) is 0.884. The summed E-state index contributed by atoms with van der Waals surface area (Å²) in [6, 6.07) is -0.286. The standard InChI is InChI=1S/C9H10BrNO4S/c1-4(2-12)11-9(13)7-5-6(8(10)16-7)15-3-14-5/h4,12H,2-3H2,1H3,(H,11,13). The molecule has 0 radical (unpaired) electrons. The highest BCUT2D eigenvalue weighted by molar-refractivity contribution is 9.11. The molecule has 88 valence electrons. The lowest BCUT2D eigenvalue weighted by atomic mass is 10.3. The molecule has 5 nitrogen and oxygen atoms in total. The van der Waals surface area contributed by atoms with Crippen LogP contribution in [0.25, 0.3) is 0 Å². The summed E-state index contributed by atoms with van der Waals surface area (Å²) in [6.07, 6.45) is 0. The Balaban J connectivity index is 2.21. The van der Waals surface area contributed by atoms with Crippen molar-refractivity contribution in [2.75, 3.05) is 13.4 Å². The van der Waals surface area contributed by atoms with Gasteiger partial charge in [-0.2, -0.15) is 0 Å². The van der Waals surface area contributed by atoms with Gasteiger partial charge in [-0.05, 0) is 22.9 Å². The van der Waals surface area contributed by atoms with E-state index in [1.165, 1.54) is 11.3 Å². The van der Waals surface area contributed by atoms with E-state index >= 15 is 0 Å². The Morgan fingerprint density at radius 1 is 1.62 bits per heavy atom. The minimum atomic E-state index is -0.286. The number of nitrogens with one attached hydrogen (secondary N) is 1. The zero-order chi connectivity index (χ0) is 11.7. The molecule has 7 heteroatoms. The maximum absolute atomic E-state index is 11.8. The van der Waals surface area contributed by atoms with Crippen molar-refractivity contribution in [2.24, 2.45) is 0 Å². The highest BCUT2D eigenvalue weighted by Gasteiger charge is 2.29. The van der Waals surface area contributed by atoms with Crippen molar-refractivity contribution in [1.82, 2.24) is 5.32 Å². The van der Waals surface area contributed by atoms with Gasteiger partial charge in [0.2, 0.25) is 6.79 Å². The predicted molar refractivity (Wildman–Crippen MR) is 62.2 cm³/mol. The Morgan fingerprint density at radius 3 is 3.00 bits per heavy atom. The molecule has 2 rings (SSSR count). The molecule has 0 aliphatic carbocycles. The maximum atomic E-state index is 11.8. The third-order valence-corrected chi connectivity index (χ3v) is 3.83. The largest absolute Gasteiger partial charge is 0.452 e. The van der Waals surface area contributed by atoms with Crippen molar-refractivity contribution < 1.29 is 19.4 Å². The molecule has 1 amide bonds. The summed E-state index contributed by atoms with van der Waals surface area (Å²) in [4.78, 5) is 12.3. The minimum absolute atomic E-state index is 0.0994. The molecule has 2 N–H and O–H groups in total. The molecule has 0 saturated carbocycles. The number of ether oxygens (including phenoxy) is 2.